The summed E-state index contributed by atoms with van der Waals surface area (Å²) in [6.45, 7) is 21.2. The van der Waals surface area contributed by atoms with Crippen molar-refractivity contribution < 1.29 is 19.1 Å². The number of carbonyl (C=O) groups is 2. The van der Waals surface area contributed by atoms with E-state index in [9.17, 15) is 9.59 Å². The van der Waals surface area contributed by atoms with Gasteiger partial charge in [-0.2, -0.15) is 0 Å². The molecular weight excluding hydrogens is 546 g/mol. The highest BCUT2D eigenvalue weighted by molar-refractivity contribution is 5.78. The molecule has 6 rings (SSSR count). The molecule has 44 heavy (non-hydrogen) atoms. The van der Waals surface area contributed by atoms with Crippen molar-refractivity contribution in [3.8, 4) is 0 Å². The van der Waals surface area contributed by atoms with E-state index in [1.54, 1.807) is 6.92 Å². The Morgan fingerprint density at radius 2 is 1.52 bits per heavy atom. The van der Waals surface area contributed by atoms with E-state index in [1.165, 1.54) is 31.3 Å². The summed E-state index contributed by atoms with van der Waals surface area (Å²) >= 11 is 0. The Balaban J connectivity index is 0.00000384. The summed E-state index contributed by atoms with van der Waals surface area (Å²) in [4.78, 5) is 26.2. The van der Waals surface area contributed by atoms with Gasteiger partial charge in [-0.25, -0.2) is 0 Å². The number of allylic oxidation sites excluding steroid dienone is 1. The van der Waals surface area contributed by atoms with Gasteiger partial charge in [0.25, 0.3) is 0 Å². The van der Waals surface area contributed by atoms with Crippen LogP contribution >= 0.6 is 0 Å². The smallest absolute Gasteiger partial charge is 0.312 e. The molecule has 0 spiro atoms. The summed E-state index contributed by atoms with van der Waals surface area (Å²) in [5, 5.41) is 0. The minimum Gasteiger partial charge on any atom is -0.462 e. The molecule has 10 atom stereocenters. The molecule has 0 radical (unpaired) electrons. The second-order valence-corrected chi connectivity index (χ2v) is 16.9. The Hall–Kier alpha value is -2.14. The Morgan fingerprint density at radius 3 is 2.18 bits per heavy atom. The fourth-order valence-corrected chi connectivity index (χ4v) is 12.8. The number of rotatable bonds is 5. The van der Waals surface area contributed by atoms with Crippen molar-refractivity contribution in [1.82, 2.24) is 6.15 Å². The average molecular weight is 606 g/mol. The molecule has 5 aliphatic carbocycles. The Labute approximate surface area is 266 Å². The van der Waals surface area contributed by atoms with Crippen molar-refractivity contribution in [2.75, 3.05) is 0 Å². The van der Waals surface area contributed by atoms with Crippen molar-refractivity contribution in [3.63, 3.8) is 0 Å². The molecule has 0 amide bonds. The van der Waals surface area contributed by atoms with Crippen LogP contribution in [0.2, 0.25) is 0 Å². The van der Waals surface area contributed by atoms with Gasteiger partial charge in [0.15, 0.2) is 0 Å². The third-order valence-corrected chi connectivity index (χ3v) is 14.9. The molecule has 3 N–H and O–H groups in total. The lowest BCUT2D eigenvalue weighted by atomic mass is 9.32. The van der Waals surface area contributed by atoms with Crippen molar-refractivity contribution in [2.45, 2.75) is 125 Å². The van der Waals surface area contributed by atoms with Gasteiger partial charge in [-0.15, -0.1) is 0 Å². The van der Waals surface area contributed by atoms with Gasteiger partial charge in [0.05, 0.1) is 5.41 Å². The molecule has 244 valence electrons. The van der Waals surface area contributed by atoms with E-state index >= 15 is 0 Å². The topological polar surface area (TPSA) is 87.6 Å². The third-order valence-electron chi connectivity index (χ3n) is 14.9. The molecule has 1 aromatic rings. The van der Waals surface area contributed by atoms with Gasteiger partial charge in [-0.05, 0) is 123 Å². The molecule has 0 aromatic heterocycles. The lowest BCUT2D eigenvalue weighted by Crippen LogP contribution is -2.67. The van der Waals surface area contributed by atoms with Gasteiger partial charge in [-0.3, -0.25) is 9.59 Å². The van der Waals surface area contributed by atoms with Crippen molar-refractivity contribution >= 4 is 11.9 Å². The van der Waals surface area contributed by atoms with E-state index in [0.717, 1.165) is 44.1 Å². The largest absolute Gasteiger partial charge is 0.462 e. The molecule has 0 saturated heterocycles. The van der Waals surface area contributed by atoms with Gasteiger partial charge in [0, 0.05) is 12.3 Å². The van der Waals surface area contributed by atoms with Crippen LogP contribution in [0.5, 0.6) is 0 Å². The molecule has 1 aromatic carbocycles. The first-order valence-electron chi connectivity index (χ1n) is 17.2. The fraction of sp³-hybridized carbons (Fsp3) is 0.744. The highest BCUT2D eigenvalue weighted by Gasteiger charge is 2.72. The quantitative estimate of drug-likeness (QED) is 0.267. The van der Waals surface area contributed by atoms with Crippen molar-refractivity contribution in [1.29, 1.82) is 0 Å². The molecule has 5 nitrogen and oxygen atoms in total. The normalized spacial score (nSPS) is 43.6. The number of benzene rings is 1. The van der Waals surface area contributed by atoms with Crippen LogP contribution in [0.4, 0.5) is 0 Å². The van der Waals surface area contributed by atoms with Crippen LogP contribution in [0.15, 0.2) is 42.5 Å². The van der Waals surface area contributed by atoms with Crippen LogP contribution in [-0.2, 0) is 25.7 Å². The number of hydrogen-bond donors (Lipinski definition) is 1. The van der Waals surface area contributed by atoms with Crippen LogP contribution < -0.4 is 6.15 Å². The molecule has 0 unspecified atom stereocenters. The predicted octanol–water partition coefficient (Wildman–Crippen LogP) is 9.48. The second-order valence-electron chi connectivity index (χ2n) is 16.9. The molecule has 5 aliphatic rings. The Bertz CT molecular complexity index is 1270. The van der Waals surface area contributed by atoms with E-state index in [1.807, 2.05) is 30.3 Å². The number of esters is 2. The SMILES string of the molecule is C=C(C)[C@@H]1CC[C@]2(C(=O)OCc3ccccc3)CC[C@]3(C)[C@H](CC[C@@H]4[C@@]5(C)CC[C@H](OC(C)=O)C(C)(C)[C@@H]5CC[C@]43C)[C@@H]12.N. The highest BCUT2D eigenvalue weighted by Crippen LogP contribution is 2.77. The Morgan fingerprint density at radius 1 is 0.818 bits per heavy atom. The molecule has 0 aliphatic heterocycles. The summed E-state index contributed by atoms with van der Waals surface area (Å²) in [6, 6.07) is 10.1. The van der Waals surface area contributed by atoms with Crippen molar-refractivity contribution in [3.05, 3.63) is 48.0 Å². The maximum absolute atomic E-state index is 14.2. The first kappa shape index (κ1) is 33.2. The predicted molar refractivity (Wildman–Crippen MR) is 176 cm³/mol. The van der Waals surface area contributed by atoms with Gasteiger partial charge in [0.1, 0.15) is 12.7 Å². The zero-order valence-electron chi connectivity index (χ0n) is 28.7. The fourth-order valence-electron chi connectivity index (χ4n) is 12.8. The number of ether oxygens (including phenoxy) is 2. The lowest BCUT2D eigenvalue weighted by molar-refractivity contribution is -0.250. The number of fused-ring (bicyclic) bond motifs is 7. The summed E-state index contributed by atoms with van der Waals surface area (Å²) in [5.41, 5.74) is 2.51. The van der Waals surface area contributed by atoms with Gasteiger partial charge >= 0.3 is 11.9 Å². The zero-order chi connectivity index (χ0) is 31.0. The first-order valence-corrected chi connectivity index (χ1v) is 17.2. The summed E-state index contributed by atoms with van der Waals surface area (Å²) in [6.07, 6.45) is 11.0. The van der Waals surface area contributed by atoms with Crippen LogP contribution in [0.25, 0.3) is 0 Å². The van der Waals surface area contributed by atoms with Gasteiger partial charge < -0.3 is 15.6 Å². The lowest BCUT2D eigenvalue weighted by Gasteiger charge is -2.72. The maximum atomic E-state index is 14.2. The highest BCUT2D eigenvalue weighted by atomic mass is 16.5. The molecule has 0 bridgehead atoms. The maximum Gasteiger partial charge on any atom is 0.312 e. The first-order chi connectivity index (χ1) is 20.2. The molecule has 5 saturated carbocycles. The monoisotopic (exact) mass is 605 g/mol. The summed E-state index contributed by atoms with van der Waals surface area (Å²) < 4.78 is 12.1. The van der Waals surface area contributed by atoms with E-state index in [-0.39, 0.29) is 45.9 Å². The van der Waals surface area contributed by atoms with E-state index < -0.39 is 5.41 Å². The van der Waals surface area contributed by atoms with Crippen LogP contribution in [0.3, 0.4) is 0 Å². The van der Waals surface area contributed by atoms with E-state index in [0.29, 0.717) is 36.2 Å². The van der Waals surface area contributed by atoms with E-state index in [4.69, 9.17) is 9.47 Å². The number of carbonyl (C=O) groups excluding carboxylic acids is 2. The average Bonchev–Trinajstić information content (AvgIpc) is 3.35. The third kappa shape index (κ3) is 4.64. The molecule has 5 fully saturated rings. The summed E-state index contributed by atoms with van der Waals surface area (Å²) in [5.74, 6) is 2.28. The number of hydrogen-bond acceptors (Lipinski definition) is 5. The Kier molecular flexibility index (Phi) is 8.52. The second kappa shape index (κ2) is 11.3. The molecular formula is C39H59NO4. The van der Waals surface area contributed by atoms with Crippen LogP contribution in [-0.4, -0.2) is 18.0 Å². The standard InChI is InChI=1S/C39H56O4.H3N/c1-25(2)28-16-21-39(34(41)42-24-27-12-10-9-11-13-27)23-22-37(7)29(33(28)39)14-15-31-36(6)19-18-32(43-26(3)40)35(4,5)30(36)17-20-38(31,37)8;/h9-13,28-33H,1,14-24H2,2-8H3;1H3/t28-,29+,30-,31+,32-,33+,36-,37+,38+,39-;/m0./s1. The zero-order valence-corrected chi connectivity index (χ0v) is 28.7. The molecule has 5 heteroatoms. The summed E-state index contributed by atoms with van der Waals surface area (Å²) in [7, 11) is 0. The molecule has 0 heterocycles. The van der Waals surface area contributed by atoms with Crippen molar-refractivity contribution in [2.24, 2.45) is 56.7 Å². The minimum atomic E-state index is -0.392. The van der Waals surface area contributed by atoms with Gasteiger partial charge in [-0.1, -0.05) is 77.1 Å². The van der Waals surface area contributed by atoms with Crippen LogP contribution in [0, 0.1) is 56.7 Å². The minimum absolute atomic E-state index is 0. The van der Waals surface area contributed by atoms with E-state index in [2.05, 4.69) is 48.1 Å². The van der Waals surface area contributed by atoms with Gasteiger partial charge in [0.2, 0.25) is 0 Å². The van der Waals surface area contributed by atoms with Crippen LogP contribution in [0.1, 0.15) is 118 Å².